The molecule has 92 valence electrons. The number of rotatable bonds is 5. The number of hydrogen-bond donors (Lipinski definition) is 2. The first-order chi connectivity index (χ1) is 7.54. The van der Waals surface area contributed by atoms with Gasteiger partial charge in [0.15, 0.2) is 0 Å². The standard InChI is InChI=1S/C11H20N2O3/c1-3-4-9(11(15)16)12-8-5-6-10(14)13(2)7-8/h8-9,12H,3-7H2,1-2H3,(H,15,16). The largest absolute Gasteiger partial charge is 0.480 e. The molecule has 1 fully saturated rings. The van der Waals surface area contributed by atoms with E-state index in [4.69, 9.17) is 5.11 Å². The minimum atomic E-state index is -0.804. The van der Waals surface area contributed by atoms with Gasteiger partial charge in [-0.1, -0.05) is 13.3 Å². The maximum Gasteiger partial charge on any atom is 0.320 e. The Labute approximate surface area is 95.8 Å². The van der Waals surface area contributed by atoms with E-state index in [2.05, 4.69) is 5.32 Å². The van der Waals surface area contributed by atoms with Gasteiger partial charge in [-0.15, -0.1) is 0 Å². The van der Waals surface area contributed by atoms with Gasteiger partial charge in [-0.05, 0) is 12.8 Å². The normalized spacial score (nSPS) is 23.2. The first kappa shape index (κ1) is 13.0. The van der Waals surface area contributed by atoms with E-state index in [0.29, 0.717) is 19.4 Å². The van der Waals surface area contributed by atoms with Crippen LogP contribution in [0.25, 0.3) is 0 Å². The fraction of sp³-hybridized carbons (Fsp3) is 0.818. The molecule has 0 aromatic rings. The summed E-state index contributed by atoms with van der Waals surface area (Å²) in [5.41, 5.74) is 0. The maximum absolute atomic E-state index is 11.3. The number of likely N-dealkylation sites (N-methyl/N-ethyl adjacent to an activating group) is 1. The minimum absolute atomic E-state index is 0.107. The Hall–Kier alpha value is -1.10. The Kier molecular flexibility index (Phi) is 4.73. The first-order valence-corrected chi connectivity index (χ1v) is 5.77. The Bertz CT molecular complexity index is 268. The maximum atomic E-state index is 11.3. The van der Waals surface area contributed by atoms with Crippen LogP contribution in [-0.4, -0.2) is 47.6 Å². The van der Waals surface area contributed by atoms with E-state index in [1.54, 1.807) is 11.9 Å². The molecule has 2 atom stereocenters. The smallest absolute Gasteiger partial charge is 0.320 e. The van der Waals surface area contributed by atoms with Gasteiger partial charge in [0, 0.05) is 26.1 Å². The van der Waals surface area contributed by atoms with E-state index in [0.717, 1.165) is 12.8 Å². The predicted molar refractivity (Wildman–Crippen MR) is 60.1 cm³/mol. The van der Waals surface area contributed by atoms with Crippen molar-refractivity contribution >= 4 is 11.9 Å². The number of hydrogen-bond acceptors (Lipinski definition) is 3. The van der Waals surface area contributed by atoms with E-state index in [-0.39, 0.29) is 11.9 Å². The summed E-state index contributed by atoms with van der Waals surface area (Å²) in [6, 6.07) is -0.382. The molecule has 1 rings (SSSR count). The molecule has 1 saturated heterocycles. The van der Waals surface area contributed by atoms with Crippen LogP contribution < -0.4 is 5.32 Å². The third kappa shape index (κ3) is 3.48. The number of nitrogens with one attached hydrogen (secondary N) is 1. The molecule has 0 bridgehead atoms. The molecule has 5 heteroatoms. The lowest BCUT2D eigenvalue weighted by Gasteiger charge is -2.32. The third-order valence-corrected chi connectivity index (χ3v) is 2.94. The molecule has 0 aliphatic carbocycles. The molecule has 0 saturated carbocycles. The number of carboxylic acid groups (broad SMARTS) is 1. The number of likely N-dealkylation sites (tertiary alicyclic amines) is 1. The van der Waals surface area contributed by atoms with Crippen molar-refractivity contribution in [3.8, 4) is 0 Å². The molecule has 16 heavy (non-hydrogen) atoms. The van der Waals surface area contributed by atoms with E-state index in [1.807, 2.05) is 6.92 Å². The SMILES string of the molecule is CCCC(NC1CCC(=O)N(C)C1)C(=O)O. The van der Waals surface area contributed by atoms with Crippen molar-refractivity contribution in [3.05, 3.63) is 0 Å². The van der Waals surface area contributed by atoms with Gasteiger partial charge in [0.25, 0.3) is 0 Å². The minimum Gasteiger partial charge on any atom is -0.480 e. The summed E-state index contributed by atoms with van der Waals surface area (Å²) < 4.78 is 0. The topological polar surface area (TPSA) is 69.6 Å². The second-order valence-corrected chi connectivity index (χ2v) is 4.36. The highest BCUT2D eigenvalue weighted by Gasteiger charge is 2.26. The second-order valence-electron chi connectivity index (χ2n) is 4.36. The highest BCUT2D eigenvalue weighted by molar-refractivity contribution is 5.77. The Balaban J connectivity index is 2.46. The summed E-state index contributed by atoms with van der Waals surface area (Å²) in [6.45, 7) is 2.57. The van der Waals surface area contributed by atoms with Gasteiger partial charge in [-0.25, -0.2) is 0 Å². The van der Waals surface area contributed by atoms with Crippen LogP contribution in [0.4, 0.5) is 0 Å². The molecule has 5 nitrogen and oxygen atoms in total. The molecule has 1 heterocycles. The number of carboxylic acids is 1. The monoisotopic (exact) mass is 228 g/mol. The highest BCUT2D eigenvalue weighted by Crippen LogP contribution is 2.11. The summed E-state index contributed by atoms with van der Waals surface area (Å²) in [6.07, 6.45) is 2.71. The zero-order valence-corrected chi connectivity index (χ0v) is 9.90. The quantitative estimate of drug-likeness (QED) is 0.717. The predicted octanol–water partition coefficient (Wildman–Crippen LogP) is 0.450. The number of carbonyl (C=O) groups excluding carboxylic acids is 1. The molecule has 0 aromatic carbocycles. The van der Waals surface area contributed by atoms with Crippen molar-refractivity contribution < 1.29 is 14.7 Å². The van der Waals surface area contributed by atoms with Crippen molar-refractivity contribution in [1.82, 2.24) is 10.2 Å². The zero-order chi connectivity index (χ0) is 12.1. The van der Waals surface area contributed by atoms with Gasteiger partial charge in [-0.2, -0.15) is 0 Å². The molecule has 1 amide bonds. The number of amides is 1. The van der Waals surface area contributed by atoms with Crippen molar-refractivity contribution in [2.75, 3.05) is 13.6 Å². The average Bonchev–Trinajstić information content (AvgIpc) is 2.22. The molecule has 2 unspecified atom stereocenters. The molecule has 0 radical (unpaired) electrons. The molecule has 0 aromatic heterocycles. The Morgan fingerprint density at radius 1 is 1.69 bits per heavy atom. The van der Waals surface area contributed by atoms with Crippen LogP contribution in [0.1, 0.15) is 32.6 Å². The molecular weight excluding hydrogens is 208 g/mol. The summed E-state index contributed by atoms with van der Waals surface area (Å²) in [5.74, 6) is -0.665. The second kappa shape index (κ2) is 5.84. The average molecular weight is 228 g/mol. The van der Waals surface area contributed by atoms with E-state index in [1.165, 1.54) is 0 Å². The molecule has 1 aliphatic heterocycles. The van der Waals surface area contributed by atoms with Gasteiger partial charge in [0.1, 0.15) is 6.04 Å². The van der Waals surface area contributed by atoms with E-state index < -0.39 is 12.0 Å². The zero-order valence-electron chi connectivity index (χ0n) is 9.90. The number of nitrogens with zero attached hydrogens (tertiary/aromatic N) is 1. The summed E-state index contributed by atoms with van der Waals surface area (Å²) in [4.78, 5) is 23.9. The van der Waals surface area contributed by atoms with E-state index >= 15 is 0 Å². The number of carbonyl (C=O) groups is 2. The Morgan fingerprint density at radius 3 is 2.88 bits per heavy atom. The van der Waals surface area contributed by atoms with Crippen LogP contribution in [-0.2, 0) is 9.59 Å². The van der Waals surface area contributed by atoms with Crippen LogP contribution in [0.2, 0.25) is 0 Å². The van der Waals surface area contributed by atoms with E-state index in [9.17, 15) is 9.59 Å². The molecule has 1 aliphatic rings. The van der Waals surface area contributed by atoms with Crippen molar-refractivity contribution in [3.63, 3.8) is 0 Å². The molecule has 2 N–H and O–H groups in total. The summed E-state index contributed by atoms with van der Waals surface area (Å²) >= 11 is 0. The van der Waals surface area contributed by atoms with Crippen LogP contribution in [0.15, 0.2) is 0 Å². The van der Waals surface area contributed by atoms with Crippen LogP contribution in [0.3, 0.4) is 0 Å². The van der Waals surface area contributed by atoms with Crippen molar-refractivity contribution in [2.45, 2.75) is 44.7 Å². The van der Waals surface area contributed by atoms with Crippen molar-refractivity contribution in [2.24, 2.45) is 0 Å². The van der Waals surface area contributed by atoms with Gasteiger partial charge in [0.05, 0.1) is 0 Å². The fourth-order valence-electron chi connectivity index (χ4n) is 2.00. The van der Waals surface area contributed by atoms with Crippen LogP contribution in [0, 0.1) is 0 Å². The third-order valence-electron chi connectivity index (χ3n) is 2.94. The van der Waals surface area contributed by atoms with Crippen LogP contribution in [0.5, 0.6) is 0 Å². The van der Waals surface area contributed by atoms with Gasteiger partial charge in [-0.3, -0.25) is 14.9 Å². The van der Waals surface area contributed by atoms with Gasteiger partial charge >= 0.3 is 5.97 Å². The van der Waals surface area contributed by atoms with Gasteiger partial charge in [0.2, 0.25) is 5.91 Å². The van der Waals surface area contributed by atoms with Crippen molar-refractivity contribution in [1.29, 1.82) is 0 Å². The van der Waals surface area contributed by atoms with Crippen LogP contribution >= 0.6 is 0 Å². The van der Waals surface area contributed by atoms with Gasteiger partial charge < -0.3 is 10.0 Å². The Morgan fingerprint density at radius 2 is 2.38 bits per heavy atom. The highest BCUT2D eigenvalue weighted by atomic mass is 16.4. The lowest BCUT2D eigenvalue weighted by atomic mass is 10.0. The molecule has 0 spiro atoms. The number of piperidine rings is 1. The lowest BCUT2D eigenvalue weighted by molar-refractivity contribution is -0.140. The summed E-state index contributed by atoms with van der Waals surface area (Å²) in [7, 11) is 1.76. The first-order valence-electron chi connectivity index (χ1n) is 5.77. The molecular formula is C11H20N2O3. The summed E-state index contributed by atoms with van der Waals surface area (Å²) in [5, 5.41) is 12.1. The number of aliphatic carboxylic acids is 1. The fourth-order valence-corrected chi connectivity index (χ4v) is 2.00. The lowest BCUT2D eigenvalue weighted by Crippen LogP contribution is -2.51.